The highest BCUT2D eigenvalue weighted by molar-refractivity contribution is 7.98. The lowest BCUT2D eigenvalue weighted by Crippen LogP contribution is -2.18. The van der Waals surface area contributed by atoms with E-state index in [1.165, 1.54) is 6.26 Å². The minimum Gasteiger partial charge on any atom is -0.166 e. The number of thioether (sulfide) groups is 1. The van der Waals surface area contributed by atoms with Gasteiger partial charge in [0.25, 0.3) is 0 Å². The summed E-state index contributed by atoms with van der Waals surface area (Å²) in [6.45, 7) is 1.05. The van der Waals surface area contributed by atoms with Gasteiger partial charge in [-0.3, -0.25) is 0 Å². The first-order valence-electron chi connectivity index (χ1n) is 4.41. The summed E-state index contributed by atoms with van der Waals surface area (Å²) >= 11 is 0.978. The molecule has 1 rings (SSSR count). The van der Waals surface area contributed by atoms with Gasteiger partial charge >= 0.3 is 12.4 Å². The van der Waals surface area contributed by atoms with Crippen molar-refractivity contribution in [3.63, 3.8) is 0 Å². The van der Waals surface area contributed by atoms with Crippen molar-refractivity contribution in [3.8, 4) is 0 Å². The molecule has 0 aliphatic heterocycles. The lowest BCUT2D eigenvalue weighted by molar-refractivity contribution is -0.162. The molecule has 0 amide bonds. The third-order valence-electron chi connectivity index (χ3n) is 2.22. The Bertz CT molecular complexity index is 418. The fourth-order valence-electron chi connectivity index (χ4n) is 1.52. The minimum atomic E-state index is -5.01. The van der Waals surface area contributed by atoms with E-state index in [-0.39, 0.29) is 10.5 Å². The standard InChI is InChI=1S/C10H8F6S/c1-5-7(17-2)4-3-6(9(11,12)13)8(5)10(14,15)16/h3-4H,1-2H3. The van der Waals surface area contributed by atoms with Crippen LogP contribution in [0.15, 0.2) is 17.0 Å². The fraction of sp³-hybridized carbons (Fsp3) is 0.400. The highest BCUT2D eigenvalue weighted by atomic mass is 32.2. The monoisotopic (exact) mass is 274 g/mol. The molecular weight excluding hydrogens is 266 g/mol. The second-order valence-corrected chi connectivity index (χ2v) is 4.16. The predicted molar refractivity (Wildman–Crippen MR) is 53.0 cm³/mol. The van der Waals surface area contributed by atoms with E-state index in [1.807, 2.05) is 0 Å². The Labute approximate surface area is 98.0 Å². The SMILES string of the molecule is CSc1ccc(C(F)(F)F)c(C(F)(F)F)c1C. The third kappa shape index (κ3) is 2.88. The van der Waals surface area contributed by atoms with Crippen LogP contribution in [0.4, 0.5) is 26.3 Å². The molecule has 1 aromatic carbocycles. The minimum absolute atomic E-state index is 0.185. The van der Waals surface area contributed by atoms with E-state index in [2.05, 4.69) is 0 Å². The molecule has 0 unspecified atom stereocenters. The van der Waals surface area contributed by atoms with Gasteiger partial charge in [0.2, 0.25) is 0 Å². The lowest BCUT2D eigenvalue weighted by atomic mass is 10.0. The maximum Gasteiger partial charge on any atom is 0.417 e. The molecular formula is C10H8F6S. The molecule has 1 aromatic rings. The summed E-state index contributed by atoms with van der Waals surface area (Å²) in [7, 11) is 0. The van der Waals surface area contributed by atoms with Crippen LogP contribution in [0, 0.1) is 6.92 Å². The second kappa shape index (κ2) is 4.44. The van der Waals surface area contributed by atoms with Gasteiger partial charge in [-0.1, -0.05) is 0 Å². The second-order valence-electron chi connectivity index (χ2n) is 3.31. The molecule has 96 valence electrons. The molecule has 0 nitrogen and oxygen atoms in total. The largest absolute Gasteiger partial charge is 0.417 e. The molecule has 0 radical (unpaired) electrons. The van der Waals surface area contributed by atoms with Crippen LogP contribution in [-0.4, -0.2) is 6.26 Å². The molecule has 0 saturated carbocycles. The summed E-state index contributed by atoms with van der Waals surface area (Å²) in [6, 6.07) is 1.53. The molecule has 7 heteroatoms. The van der Waals surface area contributed by atoms with E-state index in [0.29, 0.717) is 6.07 Å². The van der Waals surface area contributed by atoms with Crippen molar-refractivity contribution in [2.24, 2.45) is 0 Å². The van der Waals surface area contributed by atoms with Crippen molar-refractivity contribution in [2.75, 3.05) is 6.26 Å². The highest BCUT2D eigenvalue weighted by Gasteiger charge is 2.44. The fourth-order valence-corrected chi connectivity index (χ4v) is 2.13. The molecule has 0 atom stereocenters. The summed E-state index contributed by atoms with van der Waals surface area (Å²) in [6.07, 6.45) is -8.51. The first kappa shape index (κ1) is 14.2. The molecule has 0 aromatic heterocycles. The number of hydrogen-bond acceptors (Lipinski definition) is 1. The molecule has 17 heavy (non-hydrogen) atoms. The number of halogens is 6. The Morgan fingerprint density at radius 1 is 0.941 bits per heavy atom. The van der Waals surface area contributed by atoms with Crippen LogP contribution in [0.1, 0.15) is 16.7 Å². The Kier molecular flexibility index (Phi) is 3.71. The van der Waals surface area contributed by atoms with Crippen LogP contribution in [0.5, 0.6) is 0 Å². The zero-order chi connectivity index (χ0) is 13.4. The zero-order valence-corrected chi connectivity index (χ0v) is 9.65. The van der Waals surface area contributed by atoms with Crippen LogP contribution in [0.3, 0.4) is 0 Å². The summed E-state index contributed by atoms with van der Waals surface area (Å²) in [4.78, 5) is 0.185. The molecule has 0 bridgehead atoms. The molecule has 0 aliphatic carbocycles. The molecule has 0 aliphatic rings. The first-order chi connectivity index (χ1) is 7.59. The molecule has 0 heterocycles. The Hall–Kier alpha value is -0.850. The predicted octanol–water partition coefficient (Wildman–Crippen LogP) is 4.75. The van der Waals surface area contributed by atoms with Crippen LogP contribution in [-0.2, 0) is 12.4 Å². The van der Waals surface area contributed by atoms with Gasteiger partial charge in [0, 0.05) is 4.90 Å². The van der Waals surface area contributed by atoms with Gasteiger partial charge in [-0.05, 0) is 30.9 Å². The van der Waals surface area contributed by atoms with Gasteiger partial charge in [-0.2, -0.15) is 26.3 Å². The Morgan fingerprint density at radius 3 is 1.82 bits per heavy atom. The van der Waals surface area contributed by atoms with Crippen molar-refractivity contribution in [3.05, 3.63) is 28.8 Å². The number of benzene rings is 1. The smallest absolute Gasteiger partial charge is 0.166 e. The first-order valence-corrected chi connectivity index (χ1v) is 5.63. The average molecular weight is 274 g/mol. The van der Waals surface area contributed by atoms with Crippen molar-refractivity contribution >= 4 is 11.8 Å². The van der Waals surface area contributed by atoms with Gasteiger partial charge in [-0.25, -0.2) is 0 Å². The number of hydrogen-bond donors (Lipinski definition) is 0. The van der Waals surface area contributed by atoms with Crippen LogP contribution in [0.2, 0.25) is 0 Å². The number of rotatable bonds is 1. The molecule has 0 saturated heterocycles. The third-order valence-corrected chi connectivity index (χ3v) is 3.11. The van der Waals surface area contributed by atoms with E-state index in [4.69, 9.17) is 0 Å². The molecule has 0 fully saturated rings. The summed E-state index contributed by atoms with van der Waals surface area (Å²) in [5.41, 5.74) is -3.63. The van der Waals surface area contributed by atoms with Crippen LogP contribution in [0.25, 0.3) is 0 Å². The Morgan fingerprint density at radius 2 is 1.47 bits per heavy atom. The zero-order valence-electron chi connectivity index (χ0n) is 8.83. The van der Waals surface area contributed by atoms with Crippen molar-refractivity contribution in [1.29, 1.82) is 0 Å². The molecule has 0 N–H and O–H groups in total. The average Bonchev–Trinajstić information content (AvgIpc) is 2.13. The van der Waals surface area contributed by atoms with E-state index >= 15 is 0 Å². The van der Waals surface area contributed by atoms with E-state index in [1.54, 1.807) is 0 Å². The normalized spacial score (nSPS) is 12.9. The van der Waals surface area contributed by atoms with E-state index in [0.717, 1.165) is 24.8 Å². The highest BCUT2D eigenvalue weighted by Crippen LogP contribution is 2.43. The topological polar surface area (TPSA) is 0 Å². The van der Waals surface area contributed by atoms with Crippen molar-refractivity contribution in [2.45, 2.75) is 24.2 Å². The van der Waals surface area contributed by atoms with E-state index in [9.17, 15) is 26.3 Å². The van der Waals surface area contributed by atoms with Gasteiger partial charge < -0.3 is 0 Å². The van der Waals surface area contributed by atoms with Crippen molar-refractivity contribution in [1.82, 2.24) is 0 Å². The van der Waals surface area contributed by atoms with E-state index < -0.39 is 23.5 Å². The lowest BCUT2D eigenvalue weighted by Gasteiger charge is -2.19. The maximum absolute atomic E-state index is 12.6. The summed E-state index contributed by atoms with van der Waals surface area (Å²) in [5.74, 6) is 0. The Balaban J connectivity index is 3.59. The van der Waals surface area contributed by atoms with Crippen LogP contribution >= 0.6 is 11.8 Å². The van der Waals surface area contributed by atoms with Gasteiger partial charge in [0.15, 0.2) is 0 Å². The van der Waals surface area contributed by atoms with Gasteiger partial charge in [0.05, 0.1) is 11.1 Å². The number of alkyl halides is 6. The summed E-state index contributed by atoms with van der Waals surface area (Å²) in [5, 5.41) is 0. The maximum atomic E-state index is 12.6. The van der Waals surface area contributed by atoms with Gasteiger partial charge in [-0.15, -0.1) is 11.8 Å². The van der Waals surface area contributed by atoms with Gasteiger partial charge in [0.1, 0.15) is 0 Å². The molecule has 0 spiro atoms. The summed E-state index contributed by atoms with van der Waals surface area (Å²) < 4.78 is 75.4. The van der Waals surface area contributed by atoms with Crippen molar-refractivity contribution < 1.29 is 26.3 Å². The van der Waals surface area contributed by atoms with Crippen LogP contribution < -0.4 is 0 Å². The quantitative estimate of drug-likeness (QED) is 0.526.